The average Bonchev–Trinajstić information content (AvgIpc) is 2.86. The number of aromatic hydroxyl groups is 2. The van der Waals surface area contributed by atoms with E-state index in [-0.39, 0.29) is 28.6 Å². The number of benzene rings is 2. The number of fused-ring (bicyclic) bond motifs is 1. The smallest absolute Gasteiger partial charge is 0.453 e. The third-order valence-electron chi connectivity index (χ3n) is 7.59. The van der Waals surface area contributed by atoms with Gasteiger partial charge in [0.15, 0.2) is 0 Å². The summed E-state index contributed by atoms with van der Waals surface area (Å²) in [5, 5.41) is 19.7. The Hall–Kier alpha value is -1.65. The van der Waals surface area contributed by atoms with Gasteiger partial charge in [-0.25, -0.2) is 0 Å². The molecule has 1 aliphatic heterocycles. The first-order valence-electron chi connectivity index (χ1n) is 13.4. The molecule has 1 aliphatic rings. The fourth-order valence-electron chi connectivity index (χ4n) is 5.23. The number of rotatable bonds is 14. The molecule has 2 N–H and O–H groups in total. The number of hydrogen-bond acceptors (Lipinski definition) is 4. The van der Waals surface area contributed by atoms with Crippen LogP contribution >= 0.6 is 11.8 Å². The van der Waals surface area contributed by atoms with Gasteiger partial charge in [-0.05, 0) is 67.0 Å². The highest BCUT2D eigenvalue weighted by Gasteiger charge is 2.56. The summed E-state index contributed by atoms with van der Waals surface area (Å²) in [5.41, 5.74) is 2.28. The normalized spacial score (nSPS) is 20.5. The molecule has 218 valence electrons. The second-order valence-corrected chi connectivity index (χ2v) is 13.3. The van der Waals surface area contributed by atoms with E-state index < -0.39 is 36.1 Å². The maximum absolute atomic E-state index is 12.9. The lowest BCUT2D eigenvalue weighted by Gasteiger charge is -2.43. The molecule has 39 heavy (non-hydrogen) atoms. The highest BCUT2D eigenvalue weighted by Crippen LogP contribution is 2.52. The summed E-state index contributed by atoms with van der Waals surface area (Å²) in [4.78, 5) is 1.10. The number of thioether (sulfide) groups is 1. The highest BCUT2D eigenvalue weighted by atomic mass is 32.2. The van der Waals surface area contributed by atoms with Crippen LogP contribution < -0.4 is 0 Å². The topological polar surface area (TPSA) is 63.5 Å². The number of phenols is 2. The van der Waals surface area contributed by atoms with Crippen LogP contribution in [0.25, 0.3) is 0 Å². The van der Waals surface area contributed by atoms with E-state index in [4.69, 9.17) is 0 Å². The van der Waals surface area contributed by atoms with Crippen LogP contribution in [-0.4, -0.2) is 44.1 Å². The van der Waals surface area contributed by atoms with Crippen LogP contribution in [0.2, 0.25) is 0 Å². The van der Waals surface area contributed by atoms with E-state index in [1.54, 1.807) is 30.0 Å². The molecule has 0 aromatic heterocycles. The summed E-state index contributed by atoms with van der Waals surface area (Å²) < 4.78 is 74.5. The predicted molar refractivity (Wildman–Crippen MR) is 147 cm³/mol. The second kappa shape index (κ2) is 13.8. The third-order valence-corrected chi connectivity index (χ3v) is 10.5. The van der Waals surface area contributed by atoms with Crippen molar-refractivity contribution in [3.8, 4) is 11.5 Å². The number of hydrogen-bond donors (Lipinski definition) is 2. The Morgan fingerprint density at radius 2 is 1.46 bits per heavy atom. The Bertz CT molecular complexity index is 1050. The van der Waals surface area contributed by atoms with Crippen LogP contribution in [0.1, 0.15) is 81.8 Å². The van der Waals surface area contributed by atoms with Crippen molar-refractivity contribution < 1.29 is 36.7 Å². The molecule has 3 atom stereocenters. The molecule has 0 saturated carbocycles. The van der Waals surface area contributed by atoms with Gasteiger partial charge in [-0.15, -0.1) is 11.8 Å². The van der Waals surface area contributed by atoms with E-state index in [0.29, 0.717) is 12.2 Å². The lowest BCUT2D eigenvalue weighted by atomic mass is 9.68. The van der Waals surface area contributed by atoms with Crippen molar-refractivity contribution in [1.82, 2.24) is 0 Å². The van der Waals surface area contributed by atoms with E-state index >= 15 is 0 Å². The molecular weight excluding hydrogens is 555 g/mol. The molecule has 2 unspecified atom stereocenters. The maximum atomic E-state index is 12.9. The van der Waals surface area contributed by atoms with Crippen molar-refractivity contribution in [1.29, 1.82) is 0 Å². The number of alkyl halides is 5. The van der Waals surface area contributed by atoms with Crippen molar-refractivity contribution in [2.75, 3.05) is 17.3 Å². The molecule has 0 bridgehead atoms. The van der Waals surface area contributed by atoms with Gasteiger partial charge in [-0.1, -0.05) is 62.0 Å². The quantitative estimate of drug-likeness (QED) is 0.131. The van der Waals surface area contributed by atoms with E-state index in [1.165, 1.54) is 11.1 Å². The molecule has 0 radical (unpaired) electrons. The van der Waals surface area contributed by atoms with Gasteiger partial charge in [0.25, 0.3) is 0 Å². The molecule has 2 aromatic carbocycles. The summed E-state index contributed by atoms with van der Waals surface area (Å²) in [6.45, 7) is 2.26. The zero-order valence-electron chi connectivity index (χ0n) is 22.1. The number of unbranched alkanes of at least 4 members (excludes halogenated alkanes) is 5. The molecule has 1 heterocycles. The van der Waals surface area contributed by atoms with Crippen molar-refractivity contribution in [2.45, 2.75) is 93.0 Å². The molecule has 0 saturated heterocycles. The van der Waals surface area contributed by atoms with Gasteiger partial charge in [0.2, 0.25) is 0 Å². The standard InChI is InChI=1S/C29H37F5O3S2/c1-27(21-10-12-22(35)13-11-21)20-38-26-19-23(36)14-15-24(26)25(27)9-6-4-2-3-5-7-17-39(37)18-8-16-28(30,31)29(32,33)34/h10-15,19,25,35-36H,2-9,16-18,20H2,1H3/t25?,27?,39-/m0/s1. The SMILES string of the molecule is CC1(c2ccc(O)cc2)CSc2cc(O)ccc2C1CCCCCCCC[S@+]([O-])CCCC(F)(F)C(F)(F)F. The van der Waals surface area contributed by atoms with Crippen LogP contribution in [-0.2, 0) is 16.6 Å². The molecule has 0 fully saturated rings. The summed E-state index contributed by atoms with van der Waals surface area (Å²) >= 11 is 0.359. The number of halogens is 5. The van der Waals surface area contributed by atoms with Crippen molar-refractivity contribution in [2.24, 2.45) is 0 Å². The minimum atomic E-state index is -5.55. The molecule has 0 aliphatic carbocycles. The number of phenolic OH excluding ortho intramolecular Hbond substituents is 2. The summed E-state index contributed by atoms with van der Waals surface area (Å²) in [5.74, 6) is -2.92. The zero-order chi connectivity index (χ0) is 28.7. The van der Waals surface area contributed by atoms with E-state index in [2.05, 4.69) is 6.92 Å². The Labute approximate surface area is 234 Å². The first-order chi connectivity index (χ1) is 18.3. The molecule has 2 aromatic rings. The van der Waals surface area contributed by atoms with Gasteiger partial charge in [0.1, 0.15) is 23.0 Å². The predicted octanol–water partition coefficient (Wildman–Crippen LogP) is 8.70. The summed E-state index contributed by atoms with van der Waals surface area (Å²) in [6, 6.07) is 13.0. The fourth-order valence-corrected chi connectivity index (χ4v) is 7.83. The maximum Gasteiger partial charge on any atom is 0.453 e. The lowest BCUT2D eigenvalue weighted by molar-refractivity contribution is -0.284. The third kappa shape index (κ3) is 8.67. The van der Waals surface area contributed by atoms with Crippen molar-refractivity contribution >= 4 is 22.9 Å². The van der Waals surface area contributed by atoms with Gasteiger partial charge in [-0.3, -0.25) is 0 Å². The first-order valence-corrected chi connectivity index (χ1v) is 15.9. The van der Waals surface area contributed by atoms with Crippen LogP contribution in [0.3, 0.4) is 0 Å². The highest BCUT2D eigenvalue weighted by molar-refractivity contribution is 7.99. The van der Waals surface area contributed by atoms with Crippen LogP contribution in [0.4, 0.5) is 22.0 Å². The summed E-state index contributed by atoms with van der Waals surface area (Å²) in [7, 11) is 0. The van der Waals surface area contributed by atoms with Crippen LogP contribution in [0.5, 0.6) is 11.5 Å². The monoisotopic (exact) mass is 592 g/mol. The first kappa shape index (κ1) is 31.9. The van der Waals surface area contributed by atoms with Gasteiger partial charge < -0.3 is 14.8 Å². The molecule has 10 heteroatoms. The molecule has 0 amide bonds. The van der Waals surface area contributed by atoms with Gasteiger partial charge in [0.05, 0.1) is 0 Å². The Kier molecular flexibility index (Phi) is 11.3. The Morgan fingerprint density at radius 3 is 2.13 bits per heavy atom. The Balaban J connectivity index is 1.41. The lowest BCUT2D eigenvalue weighted by Crippen LogP contribution is -2.36. The average molecular weight is 593 g/mol. The Morgan fingerprint density at radius 1 is 0.872 bits per heavy atom. The fraction of sp³-hybridized carbons (Fsp3) is 0.586. The van der Waals surface area contributed by atoms with Gasteiger partial charge in [-0.2, -0.15) is 22.0 Å². The van der Waals surface area contributed by atoms with Crippen LogP contribution in [0, 0.1) is 0 Å². The molecule has 3 rings (SSSR count). The minimum Gasteiger partial charge on any atom is -0.616 e. The van der Waals surface area contributed by atoms with Gasteiger partial charge >= 0.3 is 12.1 Å². The molecule has 3 nitrogen and oxygen atoms in total. The summed E-state index contributed by atoms with van der Waals surface area (Å²) in [6.07, 6.45) is -0.808. The molecular formula is C29H37F5O3S2. The van der Waals surface area contributed by atoms with Crippen molar-refractivity contribution in [3.05, 3.63) is 53.6 Å². The van der Waals surface area contributed by atoms with Crippen molar-refractivity contribution in [3.63, 3.8) is 0 Å². The minimum absolute atomic E-state index is 0.129. The zero-order valence-corrected chi connectivity index (χ0v) is 23.7. The largest absolute Gasteiger partial charge is 0.616 e. The van der Waals surface area contributed by atoms with E-state index in [0.717, 1.165) is 49.2 Å². The van der Waals surface area contributed by atoms with Crippen LogP contribution in [0.15, 0.2) is 47.4 Å². The van der Waals surface area contributed by atoms with E-state index in [9.17, 15) is 36.7 Å². The molecule has 0 spiro atoms. The van der Waals surface area contributed by atoms with Gasteiger partial charge in [0, 0.05) is 22.5 Å². The van der Waals surface area contributed by atoms with E-state index in [1.807, 2.05) is 24.3 Å². The second-order valence-electron chi connectivity index (χ2n) is 10.6.